The highest BCUT2D eigenvalue weighted by molar-refractivity contribution is 6.35. The van der Waals surface area contributed by atoms with Crippen LogP contribution in [0.15, 0.2) is 36.4 Å². The Morgan fingerprint density at radius 2 is 2.00 bits per heavy atom. The van der Waals surface area contributed by atoms with Crippen LogP contribution in [0.5, 0.6) is 5.75 Å². The van der Waals surface area contributed by atoms with Gasteiger partial charge in [-0.1, -0.05) is 23.2 Å². The van der Waals surface area contributed by atoms with Gasteiger partial charge in [0.05, 0.1) is 28.7 Å². The second kappa shape index (κ2) is 9.84. The first kappa shape index (κ1) is 23.3. The summed E-state index contributed by atoms with van der Waals surface area (Å²) in [6, 6.07) is 8.47. The molecule has 2 aromatic rings. The van der Waals surface area contributed by atoms with Crippen LogP contribution in [-0.2, 0) is 19.1 Å². The lowest BCUT2D eigenvalue weighted by atomic mass is 10.1. The van der Waals surface area contributed by atoms with Crippen molar-refractivity contribution in [3.63, 3.8) is 0 Å². The predicted octanol–water partition coefficient (Wildman–Crippen LogP) is 3.45. The van der Waals surface area contributed by atoms with Gasteiger partial charge in [-0.25, -0.2) is 0 Å². The van der Waals surface area contributed by atoms with Gasteiger partial charge in [0.15, 0.2) is 6.61 Å². The normalized spacial score (nSPS) is 15.4. The zero-order valence-corrected chi connectivity index (χ0v) is 18.2. The van der Waals surface area contributed by atoms with Crippen molar-refractivity contribution in [3.8, 4) is 5.75 Å². The molecule has 1 saturated heterocycles. The fourth-order valence-corrected chi connectivity index (χ4v) is 3.52. The van der Waals surface area contributed by atoms with Gasteiger partial charge in [-0.05, 0) is 24.3 Å². The van der Waals surface area contributed by atoms with E-state index >= 15 is 0 Å². The predicted molar refractivity (Wildman–Crippen MR) is 116 cm³/mol. The minimum Gasteiger partial charge on any atom is -0.497 e. The van der Waals surface area contributed by atoms with Crippen LogP contribution in [0.3, 0.4) is 0 Å². The minimum absolute atomic E-state index is 0.0146. The molecule has 1 aliphatic rings. The van der Waals surface area contributed by atoms with E-state index in [1.54, 1.807) is 12.1 Å². The maximum absolute atomic E-state index is 12.4. The minimum atomic E-state index is -0.809. The van der Waals surface area contributed by atoms with Crippen LogP contribution in [-0.4, -0.2) is 43.0 Å². The van der Waals surface area contributed by atoms with Crippen molar-refractivity contribution in [3.05, 3.63) is 56.6 Å². The van der Waals surface area contributed by atoms with E-state index in [9.17, 15) is 24.5 Å². The Morgan fingerprint density at radius 1 is 1.25 bits per heavy atom. The van der Waals surface area contributed by atoms with E-state index in [0.717, 1.165) is 0 Å². The Kier molecular flexibility index (Phi) is 7.16. The molecule has 12 heteroatoms. The van der Waals surface area contributed by atoms with Gasteiger partial charge in [-0.15, -0.1) is 0 Å². The lowest BCUT2D eigenvalue weighted by Gasteiger charge is -2.18. The van der Waals surface area contributed by atoms with Crippen molar-refractivity contribution in [2.75, 3.05) is 30.5 Å². The summed E-state index contributed by atoms with van der Waals surface area (Å²) in [5.74, 6) is -2.39. The fraction of sp³-hybridized carbons (Fsp3) is 0.250. The molecule has 1 aliphatic heterocycles. The molecule has 2 amide bonds. The molecular formula is C20H17Cl2N3O7. The van der Waals surface area contributed by atoms with Crippen LogP contribution in [0, 0.1) is 16.0 Å². The standard InChI is InChI=1S/C20H17Cl2N3O7/c1-31-13-3-5-16(25(29)30)15(8-13)23-18(26)10-32-20(28)11-6-19(27)24(9-11)17-7-12(21)2-4-14(17)22/h2-5,7-8,11H,6,9-10H2,1H3,(H,23,26)/t11-/m1/s1. The molecule has 0 aliphatic carbocycles. The summed E-state index contributed by atoms with van der Waals surface area (Å²) in [7, 11) is 1.37. The quantitative estimate of drug-likeness (QED) is 0.364. The number of amides is 2. The highest BCUT2D eigenvalue weighted by atomic mass is 35.5. The molecule has 0 saturated carbocycles. The van der Waals surface area contributed by atoms with Crippen LogP contribution in [0.1, 0.15) is 6.42 Å². The van der Waals surface area contributed by atoms with Gasteiger partial charge in [0, 0.05) is 30.1 Å². The average molecular weight is 482 g/mol. The second-order valence-corrected chi connectivity index (χ2v) is 7.64. The number of nitrogens with one attached hydrogen (secondary N) is 1. The van der Waals surface area contributed by atoms with E-state index in [2.05, 4.69) is 5.32 Å². The number of nitrogens with zero attached hydrogens (tertiary/aromatic N) is 2. The topological polar surface area (TPSA) is 128 Å². The molecule has 3 rings (SSSR count). The molecular weight excluding hydrogens is 465 g/mol. The number of esters is 1. The molecule has 0 spiro atoms. The molecule has 1 N–H and O–H groups in total. The number of nitro benzene ring substituents is 1. The molecule has 2 aromatic carbocycles. The number of benzene rings is 2. The highest BCUT2D eigenvalue weighted by Gasteiger charge is 2.37. The zero-order valence-electron chi connectivity index (χ0n) is 16.7. The molecule has 10 nitrogen and oxygen atoms in total. The summed E-state index contributed by atoms with van der Waals surface area (Å²) < 4.78 is 10.0. The number of methoxy groups -OCH3 is 1. The molecule has 0 unspecified atom stereocenters. The monoisotopic (exact) mass is 481 g/mol. The number of halogens is 2. The Bertz CT molecular complexity index is 1090. The first-order valence-electron chi connectivity index (χ1n) is 9.24. The number of rotatable bonds is 7. The van der Waals surface area contributed by atoms with Gasteiger partial charge < -0.3 is 19.7 Å². The smallest absolute Gasteiger partial charge is 0.311 e. The molecule has 1 fully saturated rings. The number of hydrogen-bond donors (Lipinski definition) is 1. The van der Waals surface area contributed by atoms with E-state index in [1.165, 1.54) is 36.3 Å². The maximum Gasteiger partial charge on any atom is 0.311 e. The summed E-state index contributed by atoms with van der Waals surface area (Å²) in [4.78, 5) is 48.7. The van der Waals surface area contributed by atoms with Crippen molar-refractivity contribution >= 4 is 58.0 Å². The van der Waals surface area contributed by atoms with E-state index in [-0.39, 0.29) is 30.2 Å². The number of nitro groups is 1. The van der Waals surface area contributed by atoms with Crippen LogP contribution in [0.2, 0.25) is 10.0 Å². The largest absolute Gasteiger partial charge is 0.497 e. The lowest BCUT2D eigenvalue weighted by Crippen LogP contribution is -2.28. The maximum atomic E-state index is 12.4. The molecule has 0 aromatic heterocycles. The van der Waals surface area contributed by atoms with Gasteiger partial charge in [0.1, 0.15) is 11.4 Å². The van der Waals surface area contributed by atoms with Crippen LogP contribution in [0.25, 0.3) is 0 Å². The summed E-state index contributed by atoms with van der Waals surface area (Å²) in [5.41, 5.74) is -0.0725. The van der Waals surface area contributed by atoms with Crippen molar-refractivity contribution in [2.24, 2.45) is 5.92 Å². The fourth-order valence-electron chi connectivity index (χ4n) is 3.13. The summed E-state index contributed by atoms with van der Waals surface area (Å²) >= 11 is 12.1. The third-order valence-corrected chi connectivity index (χ3v) is 5.23. The van der Waals surface area contributed by atoms with Crippen molar-refractivity contribution in [1.29, 1.82) is 0 Å². The molecule has 1 heterocycles. The Balaban J connectivity index is 1.60. The summed E-state index contributed by atoms with van der Waals surface area (Å²) in [5, 5.41) is 14.1. The van der Waals surface area contributed by atoms with Gasteiger partial charge in [-0.2, -0.15) is 0 Å². The van der Waals surface area contributed by atoms with Crippen molar-refractivity contribution in [1.82, 2.24) is 0 Å². The highest BCUT2D eigenvalue weighted by Crippen LogP contribution is 2.34. The third-order valence-electron chi connectivity index (χ3n) is 4.68. The van der Waals surface area contributed by atoms with E-state index in [1.807, 2.05) is 0 Å². The Labute approximate surface area is 192 Å². The Morgan fingerprint density at radius 3 is 2.69 bits per heavy atom. The first-order chi connectivity index (χ1) is 15.2. The van der Waals surface area contributed by atoms with Gasteiger partial charge >= 0.3 is 5.97 Å². The SMILES string of the molecule is COc1ccc([N+](=O)[O-])c(NC(=O)COC(=O)[C@@H]2CC(=O)N(c3cc(Cl)ccc3Cl)C2)c1. The van der Waals surface area contributed by atoms with E-state index < -0.39 is 29.3 Å². The van der Waals surface area contributed by atoms with E-state index in [4.69, 9.17) is 32.7 Å². The number of ether oxygens (including phenoxy) is 2. The molecule has 0 bridgehead atoms. The molecule has 168 valence electrons. The molecule has 0 radical (unpaired) electrons. The molecule has 32 heavy (non-hydrogen) atoms. The number of carbonyl (C=O) groups excluding carboxylic acids is 3. The molecule has 1 atom stereocenters. The third kappa shape index (κ3) is 5.27. The van der Waals surface area contributed by atoms with Gasteiger partial charge in [0.25, 0.3) is 11.6 Å². The summed E-state index contributed by atoms with van der Waals surface area (Å²) in [6.07, 6.45) is -0.120. The number of hydrogen-bond acceptors (Lipinski definition) is 7. The number of carbonyl (C=O) groups is 3. The average Bonchev–Trinajstić information content (AvgIpc) is 3.14. The second-order valence-electron chi connectivity index (χ2n) is 6.80. The van der Waals surface area contributed by atoms with Gasteiger partial charge in [-0.3, -0.25) is 24.5 Å². The lowest BCUT2D eigenvalue weighted by molar-refractivity contribution is -0.383. The zero-order chi connectivity index (χ0) is 23.4. The van der Waals surface area contributed by atoms with Crippen molar-refractivity contribution < 1.29 is 28.8 Å². The van der Waals surface area contributed by atoms with Crippen LogP contribution in [0.4, 0.5) is 17.1 Å². The summed E-state index contributed by atoms with van der Waals surface area (Å²) in [6.45, 7) is -0.670. The number of anilines is 2. The van der Waals surface area contributed by atoms with Gasteiger partial charge in [0.2, 0.25) is 5.91 Å². The Hall–Kier alpha value is -3.37. The van der Waals surface area contributed by atoms with Crippen molar-refractivity contribution in [2.45, 2.75) is 6.42 Å². The van der Waals surface area contributed by atoms with E-state index in [0.29, 0.717) is 21.5 Å². The first-order valence-corrected chi connectivity index (χ1v) is 9.99. The van der Waals surface area contributed by atoms with Crippen LogP contribution < -0.4 is 15.0 Å². The van der Waals surface area contributed by atoms with Crippen LogP contribution >= 0.6 is 23.2 Å².